The van der Waals surface area contributed by atoms with Gasteiger partial charge in [0.25, 0.3) is 0 Å². The summed E-state index contributed by atoms with van der Waals surface area (Å²) in [4.78, 5) is 0. The predicted molar refractivity (Wildman–Crippen MR) is 77.1 cm³/mol. The van der Waals surface area contributed by atoms with Crippen LogP contribution in [0.15, 0.2) is 30.8 Å². The van der Waals surface area contributed by atoms with Gasteiger partial charge in [-0.2, -0.15) is 0 Å². The molecule has 0 bridgehead atoms. The lowest BCUT2D eigenvalue weighted by atomic mass is 10.0. The molecule has 0 saturated heterocycles. The monoisotopic (exact) mass is 280 g/mol. The first-order chi connectivity index (χ1) is 7.86. The van der Waals surface area contributed by atoms with E-state index >= 15 is 0 Å². The van der Waals surface area contributed by atoms with Crippen LogP contribution in [0.3, 0.4) is 0 Å². The van der Waals surface area contributed by atoms with Crippen LogP contribution < -0.4 is 0 Å². The zero-order valence-electron chi connectivity index (χ0n) is 9.92. The summed E-state index contributed by atoms with van der Waals surface area (Å²) in [6, 6.07) is 8.68. The van der Waals surface area contributed by atoms with Crippen molar-refractivity contribution >= 4 is 22.0 Å². The number of benzene rings is 1. The highest BCUT2D eigenvalue weighted by molar-refractivity contribution is 9.09. The predicted octanol–water partition coefficient (Wildman–Crippen LogP) is 5.22. The van der Waals surface area contributed by atoms with Gasteiger partial charge < -0.3 is 0 Å². The Morgan fingerprint density at radius 3 is 2.56 bits per heavy atom. The zero-order valence-corrected chi connectivity index (χ0v) is 11.5. The normalized spacial score (nSPS) is 10.3. The van der Waals surface area contributed by atoms with Gasteiger partial charge >= 0.3 is 0 Å². The highest BCUT2D eigenvalue weighted by atomic mass is 79.9. The van der Waals surface area contributed by atoms with Crippen LogP contribution in [0.4, 0.5) is 0 Å². The Balaban J connectivity index is 2.18. The zero-order chi connectivity index (χ0) is 11.6. The van der Waals surface area contributed by atoms with Crippen molar-refractivity contribution in [2.24, 2.45) is 0 Å². The Morgan fingerprint density at radius 1 is 1.06 bits per heavy atom. The van der Waals surface area contributed by atoms with Gasteiger partial charge in [0.15, 0.2) is 0 Å². The van der Waals surface area contributed by atoms with Crippen molar-refractivity contribution in [3.63, 3.8) is 0 Å². The summed E-state index contributed by atoms with van der Waals surface area (Å²) in [6.07, 6.45) is 9.82. The van der Waals surface area contributed by atoms with E-state index in [-0.39, 0.29) is 0 Å². The fourth-order valence-electron chi connectivity index (χ4n) is 1.83. The molecule has 0 aliphatic carbocycles. The smallest absolute Gasteiger partial charge is 0.00313 e. The molecule has 0 aliphatic heterocycles. The Morgan fingerprint density at radius 2 is 1.81 bits per heavy atom. The Bertz CT molecular complexity index is 304. The van der Waals surface area contributed by atoms with Crippen molar-refractivity contribution in [2.75, 3.05) is 5.33 Å². The second-order valence-electron chi connectivity index (χ2n) is 4.16. The van der Waals surface area contributed by atoms with Crippen LogP contribution >= 0.6 is 15.9 Å². The van der Waals surface area contributed by atoms with Gasteiger partial charge in [-0.1, -0.05) is 72.1 Å². The lowest BCUT2D eigenvalue weighted by molar-refractivity contribution is 0.635. The van der Waals surface area contributed by atoms with Gasteiger partial charge in [-0.3, -0.25) is 0 Å². The van der Waals surface area contributed by atoms with Crippen LogP contribution in [-0.4, -0.2) is 5.33 Å². The van der Waals surface area contributed by atoms with Crippen molar-refractivity contribution in [3.8, 4) is 0 Å². The Kier molecular flexibility index (Phi) is 7.24. The van der Waals surface area contributed by atoms with E-state index in [2.05, 4.69) is 46.8 Å². The maximum absolute atomic E-state index is 3.80. The molecule has 0 saturated carbocycles. The maximum Gasteiger partial charge on any atom is 0.00313 e. The summed E-state index contributed by atoms with van der Waals surface area (Å²) < 4.78 is 0. The summed E-state index contributed by atoms with van der Waals surface area (Å²) in [5.41, 5.74) is 2.68. The quantitative estimate of drug-likeness (QED) is 0.453. The molecule has 16 heavy (non-hydrogen) atoms. The topological polar surface area (TPSA) is 0 Å². The number of alkyl halides is 1. The average Bonchev–Trinajstić information content (AvgIpc) is 2.34. The van der Waals surface area contributed by atoms with Gasteiger partial charge in [0, 0.05) is 5.33 Å². The molecule has 0 unspecified atom stereocenters. The highest BCUT2D eigenvalue weighted by Gasteiger charge is 1.95. The largest absolute Gasteiger partial charge is 0.0985 e. The van der Waals surface area contributed by atoms with Crippen LogP contribution in [0.1, 0.15) is 43.2 Å². The molecule has 1 aromatic carbocycles. The van der Waals surface area contributed by atoms with Gasteiger partial charge in [0.1, 0.15) is 0 Å². The molecule has 0 fully saturated rings. The standard InChI is InChI=1S/C15H21Br/c1-2-14-10-8-11-15(13-14)9-6-4-3-5-7-12-16/h2,8,10-11,13H,1,3-7,9,12H2. The van der Waals surface area contributed by atoms with E-state index < -0.39 is 0 Å². The number of hydrogen-bond acceptors (Lipinski definition) is 0. The van der Waals surface area contributed by atoms with Crippen molar-refractivity contribution in [1.82, 2.24) is 0 Å². The minimum absolute atomic E-state index is 1.15. The summed E-state index contributed by atoms with van der Waals surface area (Å²) >= 11 is 3.46. The van der Waals surface area contributed by atoms with E-state index in [1.165, 1.54) is 49.7 Å². The molecule has 1 heteroatoms. The Hall–Kier alpha value is -0.560. The molecule has 1 aromatic rings. The van der Waals surface area contributed by atoms with Gasteiger partial charge in [0.2, 0.25) is 0 Å². The van der Waals surface area contributed by atoms with Crippen LogP contribution in [0.5, 0.6) is 0 Å². The van der Waals surface area contributed by atoms with Crippen molar-refractivity contribution in [2.45, 2.75) is 38.5 Å². The molecule has 0 aliphatic rings. The van der Waals surface area contributed by atoms with Crippen LogP contribution in [-0.2, 0) is 6.42 Å². The van der Waals surface area contributed by atoms with Crippen molar-refractivity contribution in [3.05, 3.63) is 42.0 Å². The lowest BCUT2D eigenvalue weighted by Crippen LogP contribution is -1.87. The summed E-state index contributed by atoms with van der Waals surface area (Å²) in [5.74, 6) is 0. The minimum atomic E-state index is 1.15. The van der Waals surface area contributed by atoms with Gasteiger partial charge in [-0.15, -0.1) is 0 Å². The molecule has 88 valence electrons. The molecule has 0 heterocycles. The van der Waals surface area contributed by atoms with Gasteiger partial charge in [0.05, 0.1) is 0 Å². The highest BCUT2D eigenvalue weighted by Crippen LogP contribution is 2.11. The third-order valence-corrected chi connectivity index (χ3v) is 3.35. The second kappa shape index (κ2) is 8.58. The first-order valence-electron chi connectivity index (χ1n) is 6.14. The summed E-state index contributed by atoms with van der Waals surface area (Å²) in [7, 11) is 0. The van der Waals surface area contributed by atoms with E-state index in [1.807, 2.05) is 6.08 Å². The molecule has 0 amide bonds. The number of aryl methyl sites for hydroxylation is 1. The van der Waals surface area contributed by atoms with Crippen LogP contribution in [0.2, 0.25) is 0 Å². The van der Waals surface area contributed by atoms with Gasteiger partial charge in [-0.25, -0.2) is 0 Å². The fraction of sp³-hybridized carbons (Fsp3) is 0.467. The summed E-state index contributed by atoms with van der Waals surface area (Å²) in [5, 5.41) is 1.15. The van der Waals surface area contributed by atoms with E-state index in [0.717, 1.165) is 5.33 Å². The number of rotatable bonds is 8. The average molecular weight is 281 g/mol. The van der Waals surface area contributed by atoms with E-state index in [9.17, 15) is 0 Å². The number of unbranched alkanes of at least 4 members (excludes halogenated alkanes) is 4. The number of halogens is 1. The minimum Gasteiger partial charge on any atom is -0.0985 e. The molecule has 0 spiro atoms. The van der Waals surface area contributed by atoms with E-state index in [0.29, 0.717) is 0 Å². The Labute approximate surface area is 108 Å². The summed E-state index contributed by atoms with van der Waals surface area (Å²) in [6.45, 7) is 3.80. The molecular formula is C15H21Br. The molecule has 0 radical (unpaired) electrons. The number of hydrogen-bond donors (Lipinski definition) is 0. The molecular weight excluding hydrogens is 260 g/mol. The molecule has 1 rings (SSSR count). The van der Waals surface area contributed by atoms with Gasteiger partial charge in [-0.05, 0) is 30.4 Å². The first-order valence-corrected chi connectivity index (χ1v) is 7.26. The third kappa shape index (κ3) is 5.50. The van der Waals surface area contributed by atoms with Crippen LogP contribution in [0, 0.1) is 0 Å². The molecule has 0 N–H and O–H groups in total. The first kappa shape index (κ1) is 13.5. The molecule has 0 aromatic heterocycles. The van der Waals surface area contributed by atoms with Crippen molar-refractivity contribution in [1.29, 1.82) is 0 Å². The van der Waals surface area contributed by atoms with E-state index in [4.69, 9.17) is 0 Å². The third-order valence-electron chi connectivity index (χ3n) is 2.79. The van der Waals surface area contributed by atoms with Crippen molar-refractivity contribution < 1.29 is 0 Å². The second-order valence-corrected chi connectivity index (χ2v) is 4.95. The fourth-order valence-corrected chi connectivity index (χ4v) is 2.23. The maximum atomic E-state index is 3.80. The molecule has 0 nitrogen and oxygen atoms in total. The lowest BCUT2D eigenvalue weighted by Gasteiger charge is -2.03. The SMILES string of the molecule is C=Cc1cccc(CCCCCCCBr)c1. The van der Waals surface area contributed by atoms with E-state index in [1.54, 1.807) is 0 Å². The molecule has 0 atom stereocenters. The van der Waals surface area contributed by atoms with Crippen LogP contribution in [0.25, 0.3) is 6.08 Å².